The van der Waals surface area contributed by atoms with Gasteiger partial charge in [-0.15, -0.1) is 0 Å². The summed E-state index contributed by atoms with van der Waals surface area (Å²) in [5.41, 5.74) is 1.62. The Morgan fingerprint density at radius 2 is 2.38 bits per heavy atom. The summed E-state index contributed by atoms with van der Waals surface area (Å²) in [5, 5.41) is 11.9. The molecular weight excluding hydrogens is 268 g/mol. The van der Waals surface area contributed by atoms with Crippen LogP contribution in [0.1, 0.15) is 22.3 Å². The quantitative estimate of drug-likeness (QED) is 0.788. The number of hydrogen-bond donors (Lipinski definition) is 1. The van der Waals surface area contributed by atoms with Gasteiger partial charge in [-0.25, -0.2) is 0 Å². The second-order valence-corrected chi connectivity index (χ2v) is 5.33. The number of nitrogens with zero attached hydrogens (tertiary/aromatic N) is 1. The summed E-state index contributed by atoms with van der Waals surface area (Å²) < 4.78 is 0.962. The number of nitriles is 1. The molecule has 1 spiro atoms. The minimum absolute atomic E-state index is 0.0308. The summed E-state index contributed by atoms with van der Waals surface area (Å²) >= 11 is 3.42. The van der Waals surface area contributed by atoms with Crippen LogP contribution in [-0.2, 0) is 5.41 Å². The minimum atomic E-state index is -0.123. The van der Waals surface area contributed by atoms with Gasteiger partial charge >= 0.3 is 0 Å². The number of halogens is 1. The highest BCUT2D eigenvalue weighted by Gasteiger charge is 2.58. The van der Waals surface area contributed by atoms with E-state index in [9.17, 15) is 4.79 Å². The predicted molar refractivity (Wildman–Crippen MR) is 61.9 cm³/mol. The van der Waals surface area contributed by atoms with E-state index in [0.717, 1.165) is 16.5 Å². The molecule has 1 fully saturated rings. The fourth-order valence-electron chi connectivity index (χ4n) is 2.52. The maximum Gasteiger partial charge on any atom is 0.251 e. The van der Waals surface area contributed by atoms with Gasteiger partial charge < -0.3 is 5.32 Å². The predicted octanol–water partition coefficient (Wildman–Crippen LogP) is 1.97. The van der Waals surface area contributed by atoms with E-state index in [4.69, 9.17) is 5.26 Å². The number of nitrogens with one attached hydrogen (secondary N) is 1. The van der Waals surface area contributed by atoms with Gasteiger partial charge in [-0.2, -0.15) is 5.26 Å². The minimum Gasteiger partial charge on any atom is -0.351 e. The lowest BCUT2D eigenvalue weighted by atomic mass is 9.86. The number of rotatable bonds is 0. The molecule has 0 aromatic heterocycles. The van der Waals surface area contributed by atoms with E-state index in [-0.39, 0.29) is 17.2 Å². The van der Waals surface area contributed by atoms with Gasteiger partial charge in [0.05, 0.1) is 12.0 Å². The summed E-state index contributed by atoms with van der Waals surface area (Å²) in [6.07, 6.45) is 0.854. The van der Waals surface area contributed by atoms with Gasteiger partial charge in [-0.3, -0.25) is 4.79 Å². The topological polar surface area (TPSA) is 52.9 Å². The van der Waals surface area contributed by atoms with Crippen LogP contribution in [0.5, 0.6) is 0 Å². The summed E-state index contributed by atoms with van der Waals surface area (Å²) in [6.45, 7) is 0.591. The van der Waals surface area contributed by atoms with E-state index in [1.165, 1.54) is 0 Å². The molecule has 1 heterocycles. The molecule has 1 aromatic rings. The molecule has 4 heteroatoms. The molecule has 0 saturated heterocycles. The van der Waals surface area contributed by atoms with Crippen molar-refractivity contribution in [2.24, 2.45) is 5.92 Å². The first-order valence-corrected chi connectivity index (χ1v) is 5.94. The van der Waals surface area contributed by atoms with Crippen LogP contribution in [0.25, 0.3) is 0 Å². The summed E-state index contributed by atoms with van der Waals surface area (Å²) in [4.78, 5) is 11.7. The van der Waals surface area contributed by atoms with Crippen molar-refractivity contribution in [3.63, 3.8) is 0 Å². The summed E-state index contributed by atoms with van der Waals surface area (Å²) in [5.74, 6) is 0.0119. The molecule has 80 valence electrons. The Hall–Kier alpha value is -1.34. The molecule has 2 atom stereocenters. The van der Waals surface area contributed by atoms with Gasteiger partial charge in [0.25, 0.3) is 5.91 Å². The van der Waals surface area contributed by atoms with Crippen molar-refractivity contribution in [2.75, 3.05) is 6.54 Å². The highest BCUT2D eigenvalue weighted by molar-refractivity contribution is 9.10. The van der Waals surface area contributed by atoms with Crippen LogP contribution >= 0.6 is 15.9 Å². The van der Waals surface area contributed by atoms with Crippen molar-refractivity contribution >= 4 is 21.8 Å². The van der Waals surface area contributed by atoms with Crippen LogP contribution in [-0.4, -0.2) is 12.5 Å². The van der Waals surface area contributed by atoms with E-state index in [1.807, 2.05) is 18.2 Å². The fraction of sp³-hybridized carbons (Fsp3) is 0.333. The molecular formula is C12H9BrN2O. The Kier molecular flexibility index (Phi) is 1.90. The van der Waals surface area contributed by atoms with Crippen LogP contribution in [0.3, 0.4) is 0 Å². The number of carbonyl (C=O) groups excluding carboxylic acids is 1. The highest BCUT2D eigenvalue weighted by Crippen LogP contribution is 2.56. The zero-order valence-corrected chi connectivity index (χ0v) is 10.0. The second kappa shape index (κ2) is 3.08. The average molecular weight is 277 g/mol. The first kappa shape index (κ1) is 9.86. The first-order chi connectivity index (χ1) is 7.67. The van der Waals surface area contributed by atoms with Gasteiger partial charge in [-0.1, -0.05) is 15.9 Å². The van der Waals surface area contributed by atoms with Crippen molar-refractivity contribution in [2.45, 2.75) is 11.8 Å². The lowest BCUT2D eigenvalue weighted by Gasteiger charge is -2.26. The molecule has 1 aliphatic carbocycles. The average Bonchev–Trinajstić information content (AvgIpc) is 2.99. The van der Waals surface area contributed by atoms with Crippen molar-refractivity contribution in [1.29, 1.82) is 5.26 Å². The number of amides is 1. The normalized spacial score (nSPS) is 30.5. The third-order valence-electron chi connectivity index (χ3n) is 3.56. The smallest absolute Gasteiger partial charge is 0.251 e. The number of fused-ring (bicyclic) bond motifs is 2. The zero-order chi connectivity index (χ0) is 11.3. The Morgan fingerprint density at radius 3 is 3.06 bits per heavy atom. The fourth-order valence-corrected chi connectivity index (χ4v) is 2.88. The Labute approximate surface area is 102 Å². The SMILES string of the molecule is N#C[C@H]1C[C@@]12CNC(=O)c1ccc(Br)cc12. The second-order valence-electron chi connectivity index (χ2n) is 4.41. The molecule has 1 amide bonds. The number of carbonyl (C=O) groups is 1. The van der Waals surface area contributed by atoms with Crippen molar-refractivity contribution in [1.82, 2.24) is 5.32 Å². The van der Waals surface area contributed by atoms with Gasteiger partial charge in [0.2, 0.25) is 0 Å². The van der Waals surface area contributed by atoms with Gasteiger partial charge in [0.15, 0.2) is 0 Å². The molecule has 0 unspecified atom stereocenters. The van der Waals surface area contributed by atoms with Gasteiger partial charge in [-0.05, 0) is 30.2 Å². The maximum absolute atomic E-state index is 11.7. The Morgan fingerprint density at radius 1 is 1.56 bits per heavy atom. The van der Waals surface area contributed by atoms with E-state index in [2.05, 4.69) is 27.3 Å². The highest BCUT2D eigenvalue weighted by atomic mass is 79.9. The third-order valence-corrected chi connectivity index (χ3v) is 4.05. The van der Waals surface area contributed by atoms with E-state index in [0.29, 0.717) is 12.1 Å². The van der Waals surface area contributed by atoms with Crippen molar-refractivity contribution < 1.29 is 4.79 Å². The largest absolute Gasteiger partial charge is 0.351 e. The van der Waals surface area contributed by atoms with E-state index in [1.54, 1.807) is 0 Å². The molecule has 1 aromatic carbocycles. The van der Waals surface area contributed by atoms with Crippen LogP contribution in [0.15, 0.2) is 22.7 Å². The molecule has 16 heavy (non-hydrogen) atoms. The lowest BCUT2D eigenvalue weighted by molar-refractivity contribution is 0.0936. The van der Waals surface area contributed by atoms with E-state index < -0.39 is 0 Å². The van der Waals surface area contributed by atoms with Crippen LogP contribution in [0.2, 0.25) is 0 Å². The van der Waals surface area contributed by atoms with Crippen LogP contribution in [0.4, 0.5) is 0 Å². The van der Waals surface area contributed by atoms with Crippen LogP contribution in [0, 0.1) is 17.2 Å². The van der Waals surface area contributed by atoms with Crippen molar-refractivity contribution in [3.8, 4) is 6.07 Å². The molecule has 1 N–H and O–H groups in total. The molecule has 3 nitrogen and oxygen atoms in total. The molecule has 2 aliphatic rings. The lowest BCUT2D eigenvalue weighted by Crippen LogP contribution is -2.40. The molecule has 1 saturated carbocycles. The Bertz CT molecular complexity index is 534. The Balaban J connectivity index is 2.18. The van der Waals surface area contributed by atoms with Gasteiger partial charge in [0.1, 0.15) is 0 Å². The molecule has 0 radical (unpaired) electrons. The monoisotopic (exact) mass is 276 g/mol. The summed E-state index contributed by atoms with van der Waals surface area (Å²) in [6, 6.07) is 7.97. The molecule has 0 bridgehead atoms. The van der Waals surface area contributed by atoms with E-state index >= 15 is 0 Å². The summed E-state index contributed by atoms with van der Waals surface area (Å²) in [7, 11) is 0. The third kappa shape index (κ3) is 1.15. The molecule has 3 rings (SSSR count). The number of hydrogen-bond acceptors (Lipinski definition) is 2. The molecule has 1 aliphatic heterocycles. The number of benzene rings is 1. The van der Waals surface area contributed by atoms with Crippen LogP contribution < -0.4 is 5.32 Å². The standard InChI is InChI=1S/C12H9BrN2O/c13-8-1-2-9-10(3-8)12(4-7(12)5-14)6-15-11(9)16/h1-3,7H,4,6H2,(H,15,16)/t7-,12-/m1/s1. The van der Waals surface area contributed by atoms with Crippen molar-refractivity contribution in [3.05, 3.63) is 33.8 Å². The zero-order valence-electron chi connectivity index (χ0n) is 8.46. The first-order valence-electron chi connectivity index (χ1n) is 5.15. The van der Waals surface area contributed by atoms with Gasteiger partial charge in [0, 0.05) is 22.0 Å². The maximum atomic E-state index is 11.7.